The van der Waals surface area contributed by atoms with Gasteiger partial charge in [-0.3, -0.25) is 19.3 Å². The maximum absolute atomic E-state index is 13.0. The van der Waals surface area contributed by atoms with Crippen molar-refractivity contribution < 1.29 is 29.0 Å². The molecular weight excluding hydrogens is 398 g/mol. The van der Waals surface area contributed by atoms with Gasteiger partial charge in [0.2, 0.25) is 0 Å². The van der Waals surface area contributed by atoms with E-state index in [-0.39, 0.29) is 11.1 Å². The third-order valence-electron chi connectivity index (χ3n) is 4.60. The number of fused-ring (bicyclic) bond motifs is 2. The molecule has 0 saturated heterocycles. The number of amides is 2. The molecule has 0 spiro atoms. The van der Waals surface area contributed by atoms with Crippen molar-refractivity contribution in [2.75, 3.05) is 19.8 Å². The van der Waals surface area contributed by atoms with E-state index in [9.17, 15) is 14.4 Å². The SMILES string of the molecule is O=C(O)CN1C(=O)C(=Cc2cc(Cl)c3c(c2)OCCCO3)c2ccccc2C1=O. The summed E-state index contributed by atoms with van der Waals surface area (Å²) in [7, 11) is 0. The third kappa shape index (κ3) is 3.56. The highest BCUT2D eigenvalue weighted by atomic mass is 35.5. The molecule has 2 aromatic rings. The summed E-state index contributed by atoms with van der Waals surface area (Å²) in [5.41, 5.74) is 1.47. The van der Waals surface area contributed by atoms with E-state index in [1.165, 1.54) is 0 Å². The highest BCUT2D eigenvalue weighted by molar-refractivity contribution is 6.35. The molecule has 0 bridgehead atoms. The van der Waals surface area contributed by atoms with Crippen LogP contribution in [0.1, 0.15) is 27.9 Å². The van der Waals surface area contributed by atoms with Crippen LogP contribution in [-0.2, 0) is 9.59 Å². The number of hydrogen-bond acceptors (Lipinski definition) is 5. The lowest BCUT2D eigenvalue weighted by Crippen LogP contribution is -2.44. The van der Waals surface area contributed by atoms with Crippen LogP contribution in [0, 0.1) is 0 Å². The molecule has 1 N–H and O–H groups in total. The van der Waals surface area contributed by atoms with Gasteiger partial charge in [0.1, 0.15) is 6.54 Å². The maximum atomic E-state index is 13.0. The lowest BCUT2D eigenvalue weighted by molar-refractivity contribution is -0.141. The molecule has 4 rings (SSSR count). The van der Waals surface area contributed by atoms with Gasteiger partial charge in [-0.15, -0.1) is 0 Å². The molecule has 0 aromatic heterocycles. The van der Waals surface area contributed by atoms with Gasteiger partial charge in [0.15, 0.2) is 11.5 Å². The number of carboxylic acids is 1. The zero-order chi connectivity index (χ0) is 20.5. The van der Waals surface area contributed by atoms with Crippen molar-refractivity contribution in [3.05, 3.63) is 58.1 Å². The number of hydrogen-bond donors (Lipinski definition) is 1. The van der Waals surface area contributed by atoms with Crippen molar-refractivity contribution in [3.8, 4) is 11.5 Å². The fraction of sp³-hybridized carbons (Fsp3) is 0.190. The number of carboxylic acid groups (broad SMARTS) is 1. The Labute approximate surface area is 171 Å². The summed E-state index contributed by atoms with van der Waals surface area (Å²) in [5.74, 6) is -1.67. The van der Waals surface area contributed by atoms with Crippen LogP contribution in [0.5, 0.6) is 11.5 Å². The Bertz CT molecular complexity index is 1060. The fourth-order valence-corrected chi connectivity index (χ4v) is 3.60. The second-order valence-corrected chi connectivity index (χ2v) is 6.98. The minimum atomic E-state index is -1.27. The summed E-state index contributed by atoms with van der Waals surface area (Å²) < 4.78 is 11.3. The van der Waals surface area contributed by atoms with Crippen LogP contribution >= 0.6 is 11.6 Å². The molecule has 2 amide bonds. The van der Waals surface area contributed by atoms with Crippen LogP contribution in [0.4, 0.5) is 0 Å². The predicted molar refractivity (Wildman–Crippen MR) is 105 cm³/mol. The second-order valence-electron chi connectivity index (χ2n) is 6.57. The van der Waals surface area contributed by atoms with Crippen LogP contribution in [0.2, 0.25) is 5.02 Å². The van der Waals surface area contributed by atoms with Gasteiger partial charge in [0.25, 0.3) is 11.8 Å². The first kappa shape index (κ1) is 19.0. The molecule has 0 aliphatic carbocycles. The number of halogens is 1. The molecular formula is C21H16ClNO6. The lowest BCUT2D eigenvalue weighted by atomic mass is 9.92. The second kappa shape index (κ2) is 7.60. The van der Waals surface area contributed by atoms with Crippen LogP contribution in [0.15, 0.2) is 36.4 Å². The molecule has 29 heavy (non-hydrogen) atoms. The molecule has 2 aromatic carbocycles. The summed E-state index contributed by atoms with van der Waals surface area (Å²) >= 11 is 6.33. The molecule has 7 nitrogen and oxygen atoms in total. The van der Waals surface area contributed by atoms with E-state index in [0.29, 0.717) is 40.9 Å². The number of carbonyl (C=O) groups is 3. The molecule has 0 saturated carbocycles. The van der Waals surface area contributed by atoms with Crippen LogP contribution in [0.25, 0.3) is 11.6 Å². The molecule has 8 heteroatoms. The number of ether oxygens (including phenoxy) is 2. The Kier molecular flexibility index (Phi) is 4.98. The zero-order valence-corrected chi connectivity index (χ0v) is 15.9. The quantitative estimate of drug-likeness (QED) is 0.614. The van der Waals surface area contributed by atoms with E-state index in [4.69, 9.17) is 26.2 Å². The molecule has 0 fully saturated rings. The topological polar surface area (TPSA) is 93.1 Å². The highest BCUT2D eigenvalue weighted by Crippen LogP contribution is 2.39. The minimum absolute atomic E-state index is 0.201. The number of rotatable bonds is 3. The van der Waals surface area contributed by atoms with E-state index in [1.54, 1.807) is 42.5 Å². The number of imide groups is 1. The number of aliphatic carboxylic acids is 1. The van der Waals surface area contributed by atoms with Crippen LogP contribution < -0.4 is 9.47 Å². The molecule has 0 unspecified atom stereocenters. The zero-order valence-electron chi connectivity index (χ0n) is 15.2. The summed E-state index contributed by atoms with van der Waals surface area (Å²) in [6, 6.07) is 9.92. The Morgan fingerprint density at radius 3 is 2.59 bits per heavy atom. The van der Waals surface area contributed by atoms with Crippen molar-refractivity contribution in [1.82, 2.24) is 4.90 Å². The van der Waals surface area contributed by atoms with Crippen LogP contribution in [-0.4, -0.2) is 47.5 Å². The number of benzene rings is 2. The van der Waals surface area contributed by atoms with Gasteiger partial charge in [0.05, 0.1) is 18.2 Å². The standard InChI is InChI=1S/C21H16ClNO6/c22-16-9-12(10-17-19(16)29-7-3-6-28-17)8-15-13-4-1-2-5-14(13)20(26)23(21(15)27)11-18(24)25/h1-2,4-5,8-10H,3,6-7,11H2,(H,24,25). The van der Waals surface area contributed by atoms with Crippen LogP contribution in [0.3, 0.4) is 0 Å². The first-order valence-corrected chi connectivity index (χ1v) is 9.31. The Hall–Kier alpha value is -3.32. The number of nitrogens with zero attached hydrogens (tertiary/aromatic N) is 1. The monoisotopic (exact) mass is 413 g/mol. The van der Waals surface area contributed by atoms with E-state index < -0.39 is 24.3 Å². The van der Waals surface area contributed by atoms with Crippen molar-refractivity contribution in [2.24, 2.45) is 0 Å². The first-order valence-electron chi connectivity index (χ1n) is 8.94. The van der Waals surface area contributed by atoms with Gasteiger partial charge in [-0.2, -0.15) is 0 Å². The van der Waals surface area contributed by atoms with E-state index >= 15 is 0 Å². The maximum Gasteiger partial charge on any atom is 0.323 e. The van der Waals surface area contributed by atoms with Crippen molar-refractivity contribution in [2.45, 2.75) is 6.42 Å². The summed E-state index contributed by atoms with van der Waals surface area (Å²) in [6.45, 7) is 0.253. The van der Waals surface area contributed by atoms with Crippen molar-refractivity contribution in [1.29, 1.82) is 0 Å². The lowest BCUT2D eigenvalue weighted by Gasteiger charge is -2.27. The highest BCUT2D eigenvalue weighted by Gasteiger charge is 2.35. The Morgan fingerprint density at radius 1 is 1.10 bits per heavy atom. The average molecular weight is 414 g/mol. The predicted octanol–water partition coefficient (Wildman–Crippen LogP) is 3.11. The van der Waals surface area contributed by atoms with Gasteiger partial charge in [0, 0.05) is 17.6 Å². The van der Waals surface area contributed by atoms with E-state index in [1.807, 2.05) is 0 Å². The Morgan fingerprint density at radius 2 is 1.83 bits per heavy atom. The minimum Gasteiger partial charge on any atom is -0.489 e. The van der Waals surface area contributed by atoms with Gasteiger partial charge in [-0.25, -0.2) is 0 Å². The summed E-state index contributed by atoms with van der Waals surface area (Å²) in [5, 5.41) is 9.45. The largest absolute Gasteiger partial charge is 0.489 e. The molecule has 2 aliphatic rings. The normalized spacial score (nSPS) is 17.1. The van der Waals surface area contributed by atoms with Gasteiger partial charge in [-0.05, 0) is 35.4 Å². The van der Waals surface area contributed by atoms with Gasteiger partial charge in [-0.1, -0.05) is 29.8 Å². The van der Waals surface area contributed by atoms with Crippen molar-refractivity contribution >= 4 is 41.0 Å². The molecule has 0 radical (unpaired) electrons. The van der Waals surface area contributed by atoms with E-state index in [0.717, 1.165) is 11.3 Å². The van der Waals surface area contributed by atoms with E-state index in [2.05, 4.69) is 0 Å². The first-order chi connectivity index (χ1) is 14.0. The molecule has 0 atom stereocenters. The summed E-state index contributed by atoms with van der Waals surface area (Å²) in [4.78, 5) is 37.4. The van der Waals surface area contributed by atoms with Gasteiger partial charge >= 0.3 is 5.97 Å². The summed E-state index contributed by atoms with van der Waals surface area (Å²) in [6.07, 6.45) is 2.29. The number of carbonyl (C=O) groups excluding carboxylic acids is 2. The smallest absolute Gasteiger partial charge is 0.323 e. The third-order valence-corrected chi connectivity index (χ3v) is 4.88. The van der Waals surface area contributed by atoms with Crippen molar-refractivity contribution in [3.63, 3.8) is 0 Å². The Balaban J connectivity index is 1.83. The molecule has 2 aliphatic heterocycles. The fourth-order valence-electron chi connectivity index (χ4n) is 3.32. The molecule has 148 valence electrons. The molecule has 2 heterocycles. The average Bonchev–Trinajstić information content (AvgIpc) is 2.94. The van der Waals surface area contributed by atoms with Gasteiger partial charge < -0.3 is 14.6 Å².